The molecule has 0 aliphatic carbocycles. The van der Waals surface area contributed by atoms with Gasteiger partial charge in [-0.1, -0.05) is 19.4 Å². The lowest BCUT2D eigenvalue weighted by Gasteiger charge is -2.35. The summed E-state index contributed by atoms with van der Waals surface area (Å²) in [6, 6.07) is 0. The van der Waals surface area contributed by atoms with Gasteiger partial charge in [-0.2, -0.15) is 0 Å². The van der Waals surface area contributed by atoms with E-state index in [1.54, 1.807) is 6.08 Å². The Kier molecular flexibility index (Phi) is 13.1. The summed E-state index contributed by atoms with van der Waals surface area (Å²) in [6.07, 6.45) is 0.188. The van der Waals surface area contributed by atoms with Gasteiger partial charge in [-0.3, -0.25) is 0 Å². The summed E-state index contributed by atoms with van der Waals surface area (Å²) < 4.78 is 27.0. The summed E-state index contributed by atoms with van der Waals surface area (Å²) in [5, 5.41) is 29.8. The minimum Gasteiger partial charge on any atom is -0.388 e. The van der Waals surface area contributed by atoms with Gasteiger partial charge in [-0.05, 0) is 12.8 Å². The summed E-state index contributed by atoms with van der Waals surface area (Å²) in [5.74, 6) is 0. The van der Waals surface area contributed by atoms with Crippen LogP contribution in [0, 0.1) is 0 Å². The number of unbranched alkanes of at least 4 members (excludes halogenated alkanes) is 1. The van der Waals surface area contributed by atoms with Crippen LogP contribution in [0.4, 0.5) is 0 Å². The minimum atomic E-state index is -1.14. The lowest BCUT2D eigenvalue weighted by molar-refractivity contribution is -0.252. The Balaban J connectivity index is 2.33. The Morgan fingerprint density at radius 2 is 1.81 bits per heavy atom. The maximum atomic E-state index is 10.00. The molecule has 0 amide bonds. The molecule has 0 radical (unpaired) electrons. The van der Waals surface area contributed by atoms with E-state index in [-0.39, 0.29) is 26.4 Å². The number of aliphatic hydroxyl groups is 3. The van der Waals surface area contributed by atoms with Gasteiger partial charge in [0.05, 0.1) is 45.7 Å². The molecule has 1 aliphatic heterocycles. The van der Waals surface area contributed by atoms with Gasteiger partial charge >= 0.3 is 0 Å². The Bertz CT molecular complexity index is 354. The first-order valence-electron chi connectivity index (χ1n) is 9.23. The van der Waals surface area contributed by atoms with Crippen molar-refractivity contribution in [1.29, 1.82) is 0 Å². The van der Waals surface area contributed by atoms with Gasteiger partial charge in [-0.15, -0.1) is 6.58 Å². The van der Waals surface area contributed by atoms with Gasteiger partial charge in [0.1, 0.15) is 18.3 Å². The molecule has 154 valence electrons. The molecule has 1 rings (SSSR count). The number of aliphatic hydroxyl groups excluding tert-OH is 3. The summed E-state index contributed by atoms with van der Waals surface area (Å²) in [4.78, 5) is 0. The second kappa shape index (κ2) is 14.5. The molecular formula is C18H34O8. The fraction of sp³-hybridized carbons (Fsp3) is 0.889. The highest BCUT2D eigenvalue weighted by Gasteiger charge is 2.35. The van der Waals surface area contributed by atoms with Crippen molar-refractivity contribution in [2.45, 2.75) is 56.9 Å². The molecule has 0 aromatic rings. The molecule has 1 fully saturated rings. The first-order chi connectivity index (χ1) is 12.6. The van der Waals surface area contributed by atoms with E-state index in [4.69, 9.17) is 23.7 Å². The highest BCUT2D eigenvalue weighted by atomic mass is 16.6. The van der Waals surface area contributed by atoms with Crippen LogP contribution in [-0.2, 0) is 23.7 Å². The molecule has 8 heteroatoms. The summed E-state index contributed by atoms with van der Waals surface area (Å²) in [5.41, 5.74) is 0. The van der Waals surface area contributed by atoms with E-state index < -0.39 is 30.7 Å². The van der Waals surface area contributed by atoms with Gasteiger partial charge in [0.2, 0.25) is 0 Å². The molecule has 8 nitrogen and oxygen atoms in total. The zero-order chi connectivity index (χ0) is 19.2. The fourth-order valence-electron chi connectivity index (χ4n) is 2.42. The molecule has 1 aliphatic rings. The topological polar surface area (TPSA) is 107 Å². The third kappa shape index (κ3) is 9.94. The predicted octanol–water partition coefficient (Wildman–Crippen LogP) is 0.237. The van der Waals surface area contributed by atoms with Crippen molar-refractivity contribution >= 4 is 0 Å². The number of rotatable bonds is 15. The molecule has 0 spiro atoms. The van der Waals surface area contributed by atoms with Crippen LogP contribution in [0.5, 0.6) is 0 Å². The van der Waals surface area contributed by atoms with E-state index in [2.05, 4.69) is 13.5 Å². The first-order valence-corrected chi connectivity index (χ1v) is 9.23. The lowest BCUT2D eigenvalue weighted by atomic mass is 10.1. The van der Waals surface area contributed by atoms with Crippen molar-refractivity contribution < 1.29 is 39.0 Å². The van der Waals surface area contributed by atoms with Gasteiger partial charge in [0.25, 0.3) is 0 Å². The van der Waals surface area contributed by atoms with Gasteiger partial charge < -0.3 is 39.0 Å². The molecule has 3 unspecified atom stereocenters. The molecule has 26 heavy (non-hydrogen) atoms. The van der Waals surface area contributed by atoms with E-state index in [9.17, 15) is 15.3 Å². The third-order valence-electron chi connectivity index (χ3n) is 3.82. The van der Waals surface area contributed by atoms with Crippen molar-refractivity contribution in [3.63, 3.8) is 0 Å². The van der Waals surface area contributed by atoms with Crippen LogP contribution < -0.4 is 0 Å². The van der Waals surface area contributed by atoms with E-state index in [1.807, 2.05) is 0 Å². The molecule has 1 saturated heterocycles. The molecule has 0 saturated carbocycles. The van der Waals surface area contributed by atoms with Crippen LogP contribution in [0.2, 0.25) is 0 Å². The smallest absolute Gasteiger partial charge is 0.183 e. The maximum Gasteiger partial charge on any atom is 0.183 e. The Morgan fingerprint density at radius 3 is 2.50 bits per heavy atom. The zero-order valence-corrected chi connectivity index (χ0v) is 15.6. The largest absolute Gasteiger partial charge is 0.388 e. The van der Waals surface area contributed by atoms with E-state index >= 15 is 0 Å². The molecule has 0 bridgehead atoms. The standard InChI is InChI=1S/C18H34O8/c1-3-5-8-23-11-15(20)13-26-17-16(6-9-24-18(17)21)25-12-14(19)10-22-7-4-2/h4,14-21H,2-3,5-13H2,1H3/t14?,15?,16?,17-,18+/m0/s1. The summed E-state index contributed by atoms with van der Waals surface area (Å²) in [7, 11) is 0. The van der Waals surface area contributed by atoms with Crippen LogP contribution in [0.3, 0.4) is 0 Å². The average molecular weight is 378 g/mol. The molecular weight excluding hydrogens is 344 g/mol. The van der Waals surface area contributed by atoms with Crippen molar-refractivity contribution in [3.8, 4) is 0 Å². The lowest BCUT2D eigenvalue weighted by Crippen LogP contribution is -2.49. The molecule has 0 aromatic carbocycles. The monoisotopic (exact) mass is 378 g/mol. The number of hydrogen-bond acceptors (Lipinski definition) is 8. The van der Waals surface area contributed by atoms with Gasteiger partial charge in [0.15, 0.2) is 6.29 Å². The summed E-state index contributed by atoms with van der Waals surface area (Å²) >= 11 is 0. The SMILES string of the molecule is C=CCOCC(O)COC1CCO[C@@H](O)[C@H]1OCC(O)COCCCC. The molecule has 1 heterocycles. The van der Waals surface area contributed by atoms with Crippen molar-refractivity contribution in [1.82, 2.24) is 0 Å². The van der Waals surface area contributed by atoms with Gasteiger partial charge in [-0.25, -0.2) is 0 Å². The van der Waals surface area contributed by atoms with E-state index in [1.165, 1.54) is 0 Å². The van der Waals surface area contributed by atoms with Crippen LogP contribution >= 0.6 is 0 Å². The Labute approximate surface area is 155 Å². The van der Waals surface area contributed by atoms with E-state index in [0.717, 1.165) is 12.8 Å². The van der Waals surface area contributed by atoms with Crippen LogP contribution in [0.1, 0.15) is 26.2 Å². The second-order valence-electron chi connectivity index (χ2n) is 6.28. The number of hydrogen-bond donors (Lipinski definition) is 3. The minimum absolute atomic E-state index is 0.00205. The molecule has 3 N–H and O–H groups in total. The van der Waals surface area contributed by atoms with E-state index in [0.29, 0.717) is 26.2 Å². The zero-order valence-electron chi connectivity index (χ0n) is 15.6. The van der Waals surface area contributed by atoms with Crippen molar-refractivity contribution in [3.05, 3.63) is 12.7 Å². The summed E-state index contributed by atoms with van der Waals surface area (Å²) in [6.45, 7) is 7.25. The number of ether oxygens (including phenoxy) is 5. The van der Waals surface area contributed by atoms with Crippen molar-refractivity contribution in [2.75, 3.05) is 46.2 Å². The third-order valence-corrected chi connectivity index (χ3v) is 3.82. The Morgan fingerprint density at radius 1 is 1.12 bits per heavy atom. The average Bonchev–Trinajstić information content (AvgIpc) is 2.63. The van der Waals surface area contributed by atoms with Crippen LogP contribution in [-0.4, -0.2) is 92.3 Å². The quantitative estimate of drug-likeness (QED) is 0.275. The van der Waals surface area contributed by atoms with Gasteiger partial charge in [0, 0.05) is 6.61 Å². The first kappa shape index (κ1) is 23.5. The Hall–Kier alpha value is -0.580. The second-order valence-corrected chi connectivity index (χ2v) is 6.28. The normalized spacial score (nSPS) is 25.8. The van der Waals surface area contributed by atoms with Crippen LogP contribution in [0.15, 0.2) is 12.7 Å². The van der Waals surface area contributed by atoms with Crippen LogP contribution in [0.25, 0.3) is 0 Å². The molecule has 0 aromatic heterocycles. The maximum absolute atomic E-state index is 10.00. The fourth-order valence-corrected chi connectivity index (χ4v) is 2.42. The highest BCUT2D eigenvalue weighted by molar-refractivity contribution is 4.79. The highest BCUT2D eigenvalue weighted by Crippen LogP contribution is 2.20. The van der Waals surface area contributed by atoms with Crippen molar-refractivity contribution in [2.24, 2.45) is 0 Å². The molecule has 5 atom stereocenters. The predicted molar refractivity (Wildman–Crippen MR) is 94.8 cm³/mol.